The molecule has 166 valence electrons. The molecule has 0 saturated heterocycles. The van der Waals surface area contributed by atoms with Crippen LogP contribution in [0.4, 0.5) is 0 Å². The van der Waals surface area contributed by atoms with Gasteiger partial charge in [0.15, 0.2) is 0 Å². The Labute approximate surface area is 172 Å². The second-order valence-electron chi connectivity index (χ2n) is 8.16. The maximum atomic E-state index is 8.59. The highest BCUT2D eigenvalue weighted by Gasteiger charge is 1.92. The third kappa shape index (κ3) is 33.9. The van der Waals surface area contributed by atoms with E-state index in [1.807, 2.05) is 0 Å². The smallest absolute Gasteiger partial charge is 0.0431 e. The van der Waals surface area contributed by atoms with Gasteiger partial charge in [0.2, 0.25) is 0 Å². The van der Waals surface area contributed by atoms with E-state index in [9.17, 15) is 0 Å². The number of hydrogen-bond donors (Lipinski definition) is 2. The topological polar surface area (TPSA) is 40.5 Å². The molecule has 2 N–H and O–H groups in total. The van der Waals surface area contributed by atoms with Crippen LogP contribution in [0.5, 0.6) is 0 Å². The molecule has 0 unspecified atom stereocenters. The lowest BCUT2D eigenvalue weighted by Crippen LogP contribution is -1.84. The van der Waals surface area contributed by atoms with E-state index in [1.54, 1.807) is 0 Å². The van der Waals surface area contributed by atoms with Crippen LogP contribution in [0.15, 0.2) is 0 Å². The monoisotopic (exact) mass is 386 g/mol. The average Bonchev–Trinajstić information content (AvgIpc) is 2.69. The summed E-state index contributed by atoms with van der Waals surface area (Å²) < 4.78 is 0. The van der Waals surface area contributed by atoms with Crippen molar-refractivity contribution in [1.82, 2.24) is 0 Å². The van der Waals surface area contributed by atoms with E-state index < -0.39 is 0 Å². The molecule has 0 atom stereocenters. The van der Waals surface area contributed by atoms with Crippen LogP contribution in [0.25, 0.3) is 0 Å². The molecule has 0 aromatic carbocycles. The molecule has 0 spiro atoms. The van der Waals surface area contributed by atoms with Gasteiger partial charge < -0.3 is 10.2 Å². The Kier molecular flexibility index (Phi) is 33.1. The highest BCUT2D eigenvalue weighted by molar-refractivity contribution is 4.48. The van der Waals surface area contributed by atoms with E-state index >= 15 is 0 Å². The zero-order chi connectivity index (χ0) is 20.3. The Bertz CT molecular complexity index is 196. The van der Waals surface area contributed by atoms with Crippen molar-refractivity contribution < 1.29 is 10.2 Å². The minimum Gasteiger partial charge on any atom is -0.396 e. The maximum Gasteiger partial charge on any atom is 0.0431 e. The van der Waals surface area contributed by atoms with Crippen molar-refractivity contribution in [2.75, 3.05) is 13.2 Å². The summed E-state index contributed by atoms with van der Waals surface area (Å²) >= 11 is 0. The van der Waals surface area contributed by atoms with Gasteiger partial charge in [-0.15, -0.1) is 0 Å². The van der Waals surface area contributed by atoms with E-state index in [2.05, 4.69) is 13.8 Å². The van der Waals surface area contributed by atoms with E-state index in [-0.39, 0.29) is 0 Å². The van der Waals surface area contributed by atoms with Crippen molar-refractivity contribution in [2.24, 2.45) is 0 Å². The van der Waals surface area contributed by atoms with Crippen LogP contribution in [-0.4, -0.2) is 23.4 Å². The lowest BCUT2D eigenvalue weighted by atomic mass is 10.1. The van der Waals surface area contributed by atoms with Crippen LogP contribution < -0.4 is 0 Å². The van der Waals surface area contributed by atoms with E-state index in [1.165, 1.54) is 122 Å². The molecule has 0 aromatic rings. The molecule has 0 aliphatic carbocycles. The number of aliphatic hydroxyl groups excluding tert-OH is 2. The van der Waals surface area contributed by atoms with Gasteiger partial charge in [0.05, 0.1) is 0 Å². The Morgan fingerprint density at radius 2 is 0.481 bits per heavy atom. The molecule has 0 fully saturated rings. The van der Waals surface area contributed by atoms with Crippen LogP contribution in [0.3, 0.4) is 0 Å². The first-order valence-corrected chi connectivity index (χ1v) is 12.5. The molecule has 0 aromatic heterocycles. The van der Waals surface area contributed by atoms with Crippen molar-refractivity contribution in [2.45, 2.75) is 149 Å². The molecule has 27 heavy (non-hydrogen) atoms. The Hall–Kier alpha value is -0.0800. The SMILES string of the molecule is CCCCCCCCCCCCCO.CCCCCCCCCCCCO. The van der Waals surface area contributed by atoms with Gasteiger partial charge in [-0.25, -0.2) is 0 Å². The van der Waals surface area contributed by atoms with Crippen molar-refractivity contribution in [3.8, 4) is 0 Å². The molecule has 2 heteroatoms. The third-order valence-corrected chi connectivity index (χ3v) is 5.27. The van der Waals surface area contributed by atoms with Gasteiger partial charge in [-0.1, -0.05) is 136 Å². The third-order valence-electron chi connectivity index (χ3n) is 5.27. The normalized spacial score (nSPS) is 10.7. The van der Waals surface area contributed by atoms with Crippen LogP contribution in [0, 0.1) is 0 Å². The lowest BCUT2D eigenvalue weighted by Gasteiger charge is -2.01. The van der Waals surface area contributed by atoms with Crippen molar-refractivity contribution >= 4 is 0 Å². The minimum atomic E-state index is 0.372. The number of rotatable bonds is 21. The second kappa shape index (κ2) is 30.6. The largest absolute Gasteiger partial charge is 0.396 e. The summed E-state index contributed by atoms with van der Waals surface area (Å²) in [5.41, 5.74) is 0. The maximum absolute atomic E-state index is 8.59. The second-order valence-corrected chi connectivity index (χ2v) is 8.16. The summed E-state index contributed by atoms with van der Waals surface area (Å²) in [7, 11) is 0. The summed E-state index contributed by atoms with van der Waals surface area (Å²) in [5.74, 6) is 0. The van der Waals surface area contributed by atoms with Gasteiger partial charge in [-0.05, 0) is 12.8 Å². The van der Waals surface area contributed by atoms with Crippen molar-refractivity contribution in [3.63, 3.8) is 0 Å². The van der Waals surface area contributed by atoms with Crippen LogP contribution in [0.2, 0.25) is 0 Å². The molecular formula is C25H54O2. The Morgan fingerprint density at radius 1 is 0.296 bits per heavy atom. The summed E-state index contributed by atoms with van der Waals surface area (Å²) in [6.45, 7) is 5.27. The van der Waals surface area contributed by atoms with E-state index in [4.69, 9.17) is 10.2 Å². The fourth-order valence-corrected chi connectivity index (χ4v) is 3.38. The van der Waals surface area contributed by atoms with Gasteiger partial charge in [-0.2, -0.15) is 0 Å². The zero-order valence-corrected chi connectivity index (χ0v) is 19.2. The van der Waals surface area contributed by atoms with E-state index in [0.29, 0.717) is 13.2 Å². The molecule has 0 heterocycles. The summed E-state index contributed by atoms with van der Waals surface area (Å²) in [6.07, 6.45) is 28.1. The highest BCUT2D eigenvalue weighted by atomic mass is 16.3. The molecule has 0 aliphatic rings. The van der Waals surface area contributed by atoms with E-state index in [0.717, 1.165) is 12.8 Å². The quantitative estimate of drug-likeness (QED) is 0.195. The first kappa shape index (κ1) is 29.1. The molecule has 0 amide bonds. The first-order valence-electron chi connectivity index (χ1n) is 12.5. The minimum absolute atomic E-state index is 0.372. The predicted octanol–water partition coefficient (Wildman–Crippen LogP) is 8.19. The van der Waals surface area contributed by atoms with Gasteiger partial charge in [-0.3, -0.25) is 0 Å². The molecule has 0 rings (SSSR count). The molecule has 0 bridgehead atoms. The van der Waals surface area contributed by atoms with Gasteiger partial charge in [0.25, 0.3) is 0 Å². The fourth-order valence-electron chi connectivity index (χ4n) is 3.38. The lowest BCUT2D eigenvalue weighted by molar-refractivity contribution is 0.282. The first-order chi connectivity index (χ1) is 13.3. The molecule has 2 nitrogen and oxygen atoms in total. The standard InChI is InChI=1S/C13H28O.C12H26O/c1-2-3-4-5-6-7-8-9-10-11-12-13-14;1-2-3-4-5-6-7-8-9-10-11-12-13/h14H,2-13H2,1H3;13H,2-12H2,1H3. The summed E-state index contributed by atoms with van der Waals surface area (Å²) in [5, 5.41) is 17.2. The summed E-state index contributed by atoms with van der Waals surface area (Å²) in [4.78, 5) is 0. The molecule has 0 radical (unpaired) electrons. The number of aliphatic hydroxyl groups is 2. The van der Waals surface area contributed by atoms with Crippen LogP contribution in [-0.2, 0) is 0 Å². The van der Waals surface area contributed by atoms with Crippen LogP contribution >= 0.6 is 0 Å². The van der Waals surface area contributed by atoms with Gasteiger partial charge >= 0.3 is 0 Å². The van der Waals surface area contributed by atoms with Gasteiger partial charge in [0, 0.05) is 13.2 Å². The zero-order valence-electron chi connectivity index (χ0n) is 19.2. The highest BCUT2D eigenvalue weighted by Crippen LogP contribution is 2.11. The predicted molar refractivity (Wildman–Crippen MR) is 122 cm³/mol. The average molecular weight is 387 g/mol. The van der Waals surface area contributed by atoms with Gasteiger partial charge in [0.1, 0.15) is 0 Å². The molecule has 0 aliphatic heterocycles. The Balaban J connectivity index is 0. The number of hydrogen-bond acceptors (Lipinski definition) is 2. The van der Waals surface area contributed by atoms with Crippen LogP contribution in [0.1, 0.15) is 149 Å². The fraction of sp³-hybridized carbons (Fsp3) is 1.00. The molecular weight excluding hydrogens is 332 g/mol. The van der Waals surface area contributed by atoms with Crippen molar-refractivity contribution in [1.29, 1.82) is 0 Å². The summed E-state index contributed by atoms with van der Waals surface area (Å²) in [6, 6.07) is 0. The van der Waals surface area contributed by atoms with Crippen molar-refractivity contribution in [3.05, 3.63) is 0 Å². The Morgan fingerprint density at radius 3 is 0.667 bits per heavy atom. The molecule has 0 saturated carbocycles. The number of unbranched alkanes of at least 4 members (excludes halogenated alkanes) is 19.